The summed E-state index contributed by atoms with van der Waals surface area (Å²) in [5, 5.41) is 5.57. The largest absolute Gasteiger partial charge is 0.480 e. The molecular weight excluding hydrogens is 332 g/mol. The summed E-state index contributed by atoms with van der Waals surface area (Å²) < 4.78 is 10.6. The molecule has 0 aliphatic heterocycles. The van der Waals surface area contributed by atoms with Crippen LogP contribution in [0.25, 0.3) is 0 Å². The van der Waals surface area contributed by atoms with E-state index in [2.05, 4.69) is 10.6 Å². The minimum absolute atomic E-state index is 0.253. The van der Waals surface area contributed by atoms with E-state index >= 15 is 0 Å². The average molecular weight is 356 g/mol. The van der Waals surface area contributed by atoms with Gasteiger partial charge in [0.05, 0.1) is 12.2 Å². The van der Waals surface area contributed by atoms with E-state index < -0.39 is 6.10 Å². The van der Waals surface area contributed by atoms with E-state index in [9.17, 15) is 9.59 Å². The molecule has 6 heteroatoms. The Kier molecular flexibility index (Phi) is 7.64. The van der Waals surface area contributed by atoms with Crippen molar-refractivity contribution in [2.24, 2.45) is 0 Å². The van der Waals surface area contributed by atoms with Gasteiger partial charge in [0.1, 0.15) is 5.75 Å². The summed E-state index contributed by atoms with van der Waals surface area (Å²) in [5.41, 5.74) is 1.39. The minimum Gasteiger partial charge on any atom is -0.480 e. The molecule has 0 aliphatic rings. The number of amides is 2. The molecule has 0 bridgehead atoms. The Bertz CT molecular complexity index is 719. The fourth-order valence-electron chi connectivity index (χ4n) is 2.29. The molecule has 0 aliphatic carbocycles. The van der Waals surface area contributed by atoms with Crippen LogP contribution in [0.2, 0.25) is 0 Å². The predicted molar refractivity (Wildman–Crippen MR) is 99.0 cm³/mol. The Labute approximate surface area is 153 Å². The van der Waals surface area contributed by atoms with Crippen LogP contribution >= 0.6 is 0 Å². The zero-order valence-corrected chi connectivity index (χ0v) is 15.0. The molecule has 0 radical (unpaired) electrons. The standard InChI is InChI=1S/C20H24N2O4/c1-15(19(23)21-12-13-25-2)26-18-11-7-6-10-17(18)20(24)22-14-16-8-4-3-5-9-16/h3-11,15H,12-14H2,1-2H3,(H,21,23)(H,22,24)/t15-/m1/s1. The summed E-state index contributed by atoms with van der Waals surface area (Å²) in [4.78, 5) is 24.5. The highest BCUT2D eigenvalue weighted by molar-refractivity contribution is 5.97. The number of rotatable bonds is 9. The molecule has 6 nitrogen and oxygen atoms in total. The third kappa shape index (κ3) is 5.89. The monoisotopic (exact) mass is 356 g/mol. The maximum absolute atomic E-state index is 12.5. The fourth-order valence-corrected chi connectivity index (χ4v) is 2.29. The van der Waals surface area contributed by atoms with Gasteiger partial charge in [0.25, 0.3) is 11.8 Å². The third-order valence-corrected chi connectivity index (χ3v) is 3.71. The van der Waals surface area contributed by atoms with E-state index in [1.54, 1.807) is 38.3 Å². The van der Waals surface area contributed by atoms with E-state index in [0.717, 1.165) is 5.56 Å². The van der Waals surface area contributed by atoms with Gasteiger partial charge in [-0.2, -0.15) is 0 Å². The van der Waals surface area contributed by atoms with Crippen LogP contribution in [0.5, 0.6) is 5.75 Å². The average Bonchev–Trinajstić information content (AvgIpc) is 2.67. The van der Waals surface area contributed by atoms with Crippen LogP contribution < -0.4 is 15.4 Å². The van der Waals surface area contributed by atoms with Crippen LogP contribution in [0.15, 0.2) is 54.6 Å². The maximum atomic E-state index is 12.5. The lowest BCUT2D eigenvalue weighted by molar-refractivity contribution is -0.127. The zero-order valence-electron chi connectivity index (χ0n) is 15.0. The highest BCUT2D eigenvalue weighted by Crippen LogP contribution is 2.19. The van der Waals surface area contributed by atoms with Gasteiger partial charge in [-0.15, -0.1) is 0 Å². The summed E-state index contributed by atoms with van der Waals surface area (Å²) in [6.07, 6.45) is -0.727. The molecule has 1 atom stereocenters. The number of para-hydroxylation sites is 1. The first kappa shape index (κ1) is 19.5. The number of nitrogens with one attached hydrogen (secondary N) is 2. The van der Waals surface area contributed by atoms with E-state index in [-0.39, 0.29) is 11.8 Å². The summed E-state index contributed by atoms with van der Waals surface area (Å²) >= 11 is 0. The third-order valence-electron chi connectivity index (χ3n) is 3.71. The summed E-state index contributed by atoms with van der Waals surface area (Å²) in [6, 6.07) is 16.5. The van der Waals surface area contributed by atoms with Crippen molar-refractivity contribution in [3.8, 4) is 5.75 Å². The van der Waals surface area contributed by atoms with Crippen LogP contribution in [-0.4, -0.2) is 38.2 Å². The Hall–Kier alpha value is -2.86. The molecule has 138 valence electrons. The number of methoxy groups -OCH3 is 1. The fraction of sp³-hybridized carbons (Fsp3) is 0.300. The van der Waals surface area contributed by atoms with Crippen molar-refractivity contribution in [2.45, 2.75) is 19.6 Å². The van der Waals surface area contributed by atoms with Crippen LogP contribution in [0.1, 0.15) is 22.8 Å². The summed E-state index contributed by atoms with van der Waals surface area (Å²) in [5.74, 6) is -0.148. The SMILES string of the molecule is COCCNC(=O)[C@@H](C)Oc1ccccc1C(=O)NCc1ccccc1. The van der Waals surface area contributed by atoms with Gasteiger partial charge in [-0.3, -0.25) is 9.59 Å². The van der Waals surface area contributed by atoms with Gasteiger partial charge in [0, 0.05) is 20.2 Å². The number of hydrogen-bond acceptors (Lipinski definition) is 4. The van der Waals surface area contributed by atoms with Gasteiger partial charge in [-0.1, -0.05) is 42.5 Å². The molecular formula is C20H24N2O4. The van der Waals surface area contributed by atoms with Gasteiger partial charge < -0.3 is 20.1 Å². The molecule has 2 aromatic rings. The molecule has 0 unspecified atom stereocenters. The zero-order chi connectivity index (χ0) is 18.8. The predicted octanol–water partition coefficient (Wildman–Crippen LogP) is 2.15. The quantitative estimate of drug-likeness (QED) is 0.675. The Balaban J connectivity index is 1.97. The molecule has 0 heterocycles. The molecule has 0 saturated carbocycles. The van der Waals surface area contributed by atoms with Gasteiger partial charge in [-0.05, 0) is 24.6 Å². The molecule has 2 amide bonds. The van der Waals surface area contributed by atoms with Crippen LogP contribution in [-0.2, 0) is 16.1 Å². The van der Waals surface area contributed by atoms with E-state index in [4.69, 9.17) is 9.47 Å². The molecule has 2 rings (SSSR count). The topological polar surface area (TPSA) is 76.7 Å². The number of hydrogen-bond donors (Lipinski definition) is 2. The number of carbonyl (C=O) groups is 2. The molecule has 0 saturated heterocycles. The van der Waals surface area contributed by atoms with Crippen molar-refractivity contribution < 1.29 is 19.1 Å². The Morgan fingerprint density at radius 1 is 1.00 bits per heavy atom. The first-order valence-electron chi connectivity index (χ1n) is 8.46. The number of carbonyl (C=O) groups excluding carboxylic acids is 2. The van der Waals surface area contributed by atoms with E-state index in [0.29, 0.717) is 31.0 Å². The lowest BCUT2D eigenvalue weighted by atomic mass is 10.1. The lowest BCUT2D eigenvalue weighted by Crippen LogP contribution is -2.38. The van der Waals surface area contributed by atoms with E-state index in [1.807, 2.05) is 30.3 Å². The van der Waals surface area contributed by atoms with Gasteiger partial charge >= 0.3 is 0 Å². The van der Waals surface area contributed by atoms with Crippen molar-refractivity contribution in [3.05, 3.63) is 65.7 Å². The van der Waals surface area contributed by atoms with Crippen molar-refractivity contribution >= 4 is 11.8 Å². The van der Waals surface area contributed by atoms with Gasteiger partial charge in [-0.25, -0.2) is 0 Å². The Morgan fingerprint density at radius 3 is 2.42 bits per heavy atom. The van der Waals surface area contributed by atoms with Crippen LogP contribution in [0.3, 0.4) is 0 Å². The van der Waals surface area contributed by atoms with Gasteiger partial charge in [0.2, 0.25) is 0 Å². The summed E-state index contributed by atoms with van der Waals surface area (Å²) in [6.45, 7) is 2.89. The molecule has 2 aromatic carbocycles. The van der Waals surface area contributed by atoms with Crippen molar-refractivity contribution in [2.75, 3.05) is 20.3 Å². The maximum Gasteiger partial charge on any atom is 0.260 e. The highest BCUT2D eigenvalue weighted by Gasteiger charge is 2.18. The molecule has 0 spiro atoms. The van der Waals surface area contributed by atoms with Crippen LogP contribution in [0, 0.1) is 0 Å². The van der Waals surface area contributed by atoms with E-state index in [1.165, 1.54) is 0 Å². The van der Waals surface area contributed by atoms with Crippen molar-refractivity contribution in [1.29, 1.82) is 0 Å². The van der Waals surface area contributed by atoms with Crippen LogP contribution in [0.4, 0.5) is 0 Å². The molecule has 2 N–H and O–H groups in total. The Morgan fingerprint density at radius 2 is 1.69 bits per heavy atom. The highest BCUT2D eigenvalue weighted by atomic mass is 16.5. The smallest absolute Gasteiger partial charge is 0.260 e. The minimum atomic E-state index is -0.727. The lowest BCUT2D eigenvalue weighted by Gasteiger charge is -2.17. The summed E-state index contributed by atoms with van der Waals surface area (Å²) in [7, 11) is 1.57. The second-order valence-corrected chi connectivity index (χ2v) is 5.71. The number of ether oxygens (including phenoxy) is 2. The van der Waals surface area contributed by atoms with Gasteiger partial charge in [0.15, 0.2) is 6.10 Å². The normalized spacial score (nSPS) is 11.5. The number of benzene rings is 2. The first-order valence-corrected chi connectivity index (χ1v) is 8.46. The molecule has 0 fully saturated rings. The second-order valence-electron chi connectivity index (χ2n) is 5.71. The second kappa shape index (κ2) is 10.2. The molecule has 26 heavy (non-hydrogen) atoms. The van der Waals surface area contributed by atoms with Crippen molar-refractivity contribution in [1.82, 2.24) is 10.6 Å². The first-order chi connectivity index (χ1) is 12.6. The van der Waals surface area contributed by atoms with Crippen molar-refractivity contribution in [3.63, 3.8) is 0 Å². The molecule has 0 aromatic heterocycles.